The fourth-order valence-corrected chi connectivity index (χ4v) is 3.64. The van der Waals surface area contributed by atoms with Crippen molar-refractivity contribution in [3.05, 3.63) is 32.8 Å². The van der Waals surface area contributed by atoms with Crippen LogP contribution in [-0.2, 0) is 4.79 Å². The summed E-state index contributed by atoms with van der Waals surface area (Å²) in [6.07, 6.45) is 2.00. The van der Waals surface area contributed by atoms with Crippen LogP contribution in [-0.4, -0.2) is 47.4 Å². The second kappa shape index (κ2) is 8.89. The predicted molar refractivity (Wildman–Crippen MR) is 108 cm³/mol. The molecule has 0 radical (unpaired) electrons. The quantitative estimate of drug-likeness (QED) is 0.566. The molecule has 7 nitrogen and oxygen atoms in total. The van der Waals surface area contributed by atoms with Gasteiger partial charge in [-0.2, -0.15) is 0 Å². The first-order chi connectivity index (χ1) is 12.5. The summed E-state index contributed by atoms with van der Waals surface area (Å²) in [5.41, 5.74) is 1.32. The molecule has 27 heavy (non-hydrogen) atoms. The van der Waals surface area contributed by atoms with E-state index in [1.54, 1.807) is 0 Å². The number of hydrogen-bond donors (Lipinski definition) is 2. The molecule has 2 N–H and O–H groups in total. The van der Waals surface area contributed by atoms with Gasteiger partial charge in [-0.05, 0) is 65.1 Å². The third-order valence-corrected chi connectivity index (χ3v) is 4.94. The summed E-state index contributed by atoms with van der Waals surface area (Å²) in [4.78, 5) is 24.7. The minimum Gasteiger partial charge on any atom is -0.383 e. The number of carbonyl (C=O) groups excluding carboxylic acids is 1. The fraction of sp³-hybridized carbons (Fsp3) is 0.632. The molecule has 1 amide bonds. The Balaban J connectivity index is 1.81. The van der Waals surface area contributed by atoms with Crippen LogP contribution in [0.3, 0.4) is 0 Å². The smallest absolute Gasteiger partial charge is 0.271 e. The van der Waals surface area contributed by atoms with Crippen molar-refractivity contribution in [3.8, 4) is 0 Å². The van der Waals surface area contributed by atoms with E-state index < -0.39 is 4.92 Å². The number of nitrogens with one attached hydrogen (secondary N) is 2. The Bertz CT molecular complexity index is 672. The summed E-state index contributed by atoms with van der Waals surface area (Å²) < 4.78 is 0. The molecule has 2 rings (SSSR count). The molecule has 0 saturated carbocycles. The number of non-ortho nitro benzene ring substituents is 1. The number of halogens is 1. The number of benzene rings is 1. The standard InChI is InChI=1S/C19H29ClN4O3/c1-13-9-15(24(26)27)10-16(20)18(13)21-11-14-5-7-23(8-6-14)12-17(25)22-19(2,3)4/h9-10,14,21H,5-8,11-12H2,1-4H3,(H,22,25). The predicted octanol–water partition coefficient (Wildman–Crippen LogP) is 3.60. The first kappa shape index (κ1) is 21.4. The highest BCUT2D eigenvalue weighted by molar-refractivity contribution is 6.33. The van der Waals surface area contributed by atoms with E-state index >= 15 is 0 Å². The lowest BCUT2D eigenvalue weighted by Gasteiger charge is -2.32. The molecule has 1 aliphatic rings. The molecule has 0 aromatic heterocycles. The molecule has 1 fully saturated rings. The minimum absolute atomic E-state index is 0.00453. The molecule has 1 heterocycles. The lowest BCUT2D eigenvalue weighted by molar-refractivity contribution is -0.384. The van der Waals surface area contributed by atoms with Crippen molar-refractivity contribution in [2.24, 2.45) is 5.92 Å². The zero-order valence-electron chi connectivity index (χ0n) is 16.5. The molecule has 1 aliphatic heterocycles. The molecule has 0 bridgehead atoms. The number of nitro benzene ring substituents is 1. The zero-order chi connectivity index (χ0) is 20.2. The Hall–Kier alpha value is -1.86. The van der Waals surface area contributed by atoms with E-state index in [1.807, 2.05) is 27.7 Å². The van der Waals surface area contributed by atoms with E-state index in [9.17, 15) is 14.9 Å². The Labute approximate surface area is 165 Å². The van der Waals surface area contributed by atoms with Crippen molar-refractivity contribution in [2.75, 3.05) is 31.5 Å². The normalized spacial score (nSPS) is 16.2. The van der Waals surface area contributed by atoms with Crippen LogP contribution in [0.1, 0.15) is 39.2 Å². The summed E-state index contributed by atoms with van der Waals surface area (Å²) in [6.45, 7) is 10.7. The summed E-state index contributed by atoms with van der Waals surface area (Å²) in [6, 6.07) is 2.91. The van der Waals surface area contributed by atoms with Crippen LogP contribution in [0.15, 0.2) is 12.1 Å². The molecule has 1 aromatic rings. The maximum atomic E-state index is 12.0. The molecule has 0 atom stereocenters. The average molecular weight is 397 g/mol. The second-order valence-electron chi connectivity index (χ2n) is 8.28. The van der Waals surface area contributed by atoms with Crippen LogP contribution in [0.5, 0.6) is 0 Å². The lowest BCUT2D eigenvalue weighted by atomic mass is 9.96. The van der Waals surface area contributed by atoms with Crippen molar-refractivity contribution < 1.29 is 9.72 Å². The number of likely N-dealkylation sites (tertiary alicyclic amines) is 1. The zero-order valence-corrected chi connectivity index (χ0v) is 17.2. The van der Waals surface area contributed by atoms with Gasteiger partial charge >= 0.3 is 0 Å². The monoisotopic (exact) mass is 396 g/mol. The molecule has 1 aromatic carbocycles. The number of nitro groups is 1. The second-order valence-corrected chi connectivity index (χ2v) is 8.68. The number of piperidine rings is 1. The largest absolute Gasteiger partial charge is 0.383 e. The number of aryl methyl sites for hydroxylation is 1. The number of carbonyl (C=O) groups is 1. The van der Waals surface area contributed by atoms with Crippen molar-refractivity contribution in [2.45, 2.75) is 46.1 Å². The molecule has 150 valence electrons. The molecule has 0 spiro atoms. The minimum atomic E-state index is -0.436. The average Bonchev–Trinajstić information content (AvgIpc) is 2.53. The van der Waals surface area contributed by atoms with E-state index in [1.165, 1.54) is 12.1 Å². The number of rotatable bonds is 6. The van der Waals surface area contributed by atoms with Crippen molar-refractivity contribution >= 4 is 28.9 Å². The van der Waals surface area contributed by atoms with Gasteiger partial charge in [0.2, 0.25) is 5.91 Å². The van der Waals surface area contributed by atoms with Crippen LogP contribution in [0.4, 0.5) is 11.4 Å². The molecule has 8 heteroatoms. The summed E-state index contributed by atoms with van der Waals surface area (Å²) in [5.74, 6) is 0.546. The van der Waals surface area contributed by atoms with Crippen LogP contribution in [0.25, 0.3) is 0 Å². The van der Waals surface area contributed by atoms with E-state index in [4.69, 9.17) is 11.6 Å². The van der Waals surface area contributed by atoms with Gasteiger partial charge in [0, 0.05) is 24.2 Å². The van der Waals surface area contributed by atoms with E-state index in [0.717, 1.165) is 43.7 Å². The highest BCUT2D eigenvalue weighted by atomic mass is 35.5. The SMILES string of the molecule is Cc1cc([N+](=O)[O-])cc(Cl)c1NCC1CCN(CC(=O)NC(C)(C)C)CC1. The molecule has 0 unspecified atom stereocenters. The van der Waals surface area contributed by atoms with Gasteiger partial charge in [0.25, 0.3) is 5.69 Å². The molecular formula is C19H29ClN4O3. The summed E-state index contributed by atoms with van der Waals surface area (Å²) >= 11 is 6.21. The van der Waals surface area contributed by atoms with Gasteiger partial charge in [0.1, 0.15) is 0 Å². The highest BCUT2D eigenvalue weighted by Crippen LogP contribution is 2.31. The summed E-state index contributed by atoms with van der Waals surface area (Å²) in [5, 5.41) is 17.6. The first-order valence-corrected chi connectivity index (χ1v) is 9.65. The van der Waals surface area contributed by atoms with Gasteiger partial charge in [-0.3, -0.25) is 19.8 Å². The van der Waals surface area contributed by atoms with Crippen molar-refractivity contribution in [3.63, 3.8) is 0 Å². The van der Waals surface area contributed by atoms with Crippen LogP contribution in [0, 0.1) is 23.0 Å². The van der Waals surface area contributed by atoms with E-state index in [2.05, 4.69) is 15.5 Å². The topological polar surface area (TPSA) is 87.5 Å². The third kappa shape index (κ3) is 6.66. The van der Waals surface area contributed by atoms with Gasteiger partial charge in [-0.1, -0.05) is 11.6 Å². The van der Waals surface area contributed by atoms with Gasteiger partial charge in [-0.15, -0.1) is 0 Å². The lowest BCUT2D eigenvalue weighted by Crippen LogP contribution is -2.47. The Morgan fingerprint density at radius 3 is 2.48 bits per heavy atom. The van der Waals surface area contributed by atoms with Crippen molar-refractivity contribution in [1.29, 1.82) is 0 Å². The van der Waals surface area contributed by atoms with E-state index in [-0.39, 0.29) is 17.1 Å². The summed E-state index contributed by atoms with van der Waals surface area (Å²) in [7, 11) is 0. The van der Waals surface area contributed by atoms with Gasteiger partial charge in [0.05, 0.1) is 22.2 Å². The van der Waals surface area contributed by atoms with Crippen molar-refractivity contribution in [1.82, 2.24) is 10.2 Å². The van der Waals surface area contributed by atoms with Crippen LogP contribution >= 0.6 is 11.6 Å². The van der Waals surface area contributed by atoms with Crippen LogP contribution in [0.2, 0.25) is 5.02 Å². The van der Waals surface area contributed by atoms with Gasteiger partial charge in [-0.25, -0.2) is 0 Å². The van der Waals surface area contributed by atoms with E-state index in [0.29, 0.717) is 17.5 Å². The van der Waals surface area contributed by atoms with Gasteiger partial charge in [0.15, 0.2) is 0 Å². The van der Waals surface area contributed by atoms with Gasteiger partial charge < -0.3 is 10.6 Å². The van der Waals surface area contributed by atoms with Crippen LogP contribution < -0.4 is 10.6 Å². The number of hydrogen-bond acceptors (Lipinski definition) is 5. The molecule has 0 aliphatic carbocycles. The maximum absolute atomic E-state index is 12.0. The molecular weight excluding hydrogens is 368 g/mol. The fourth-order valence-electron chi connectivity index (χ4n) is 3.31. The Morgan fingerprint density at radius 2 is 1.96 bits per heavy atom. The maximum Gasteiger partial charge on any atom is 0.271 e. The first-order valence-electron chi connectivity index (χ1n) is 9.27. The number of anilines is 1. The number of amides is 1. The Morgan fingerprint density at radius 1 is 1.33 bits per heavy atom. The number of nitrogens with zero attached hydrogens (tertiary/aromatic N) is 2. The Kier molecular flexibility index (Phi) is 7.06. The highest BCUT2D eigenvalue weighted by Gasteiger charge is 2.23. The molecule has 1 saturated heterocycles. The third-order valence-electron chi connectivity index (χ3n) is 4.64.